The molecule has 0 bridgehead atoms. The molecule has 8 N–H and O–H groups in total. The van der Waals surface area contributed by atoms with Crippen LogP contribution in [-0.4, -0.2) is 81.7 Å². The van der Waals surface area contributed by atoms with Crippen LogP contribution in [0.15, 0.2) is 0 Å². The summed E-state index contributed by atoms with van der Waals surface area (Å²) in [5.41, 5.74) is 11.3. The maximum absolute atomic E-state index is 11.8. The Balaban J connectivity index is 2.64. The second-order valence-corrected chi connectivity index (χ2v) is 5.66. The molecule has 1 fully saturated rings. The molecule has 1 aliphatic heterocycles. The van der Waals surface area contributed by atoms with Crippen LogP contribution in [0.1, 0.15) is 20.3 Å². The van der Waals surface area contributed by atoms with E-state index in [4.69, 9.17) is 26.0 Å². The second-order valence-electron chi connectivity index (χ2n) is 5.66. The van der Waals surface area contributed by atoms with Gasteiger partial charge in [-0.1, -0.05) is 0 Å². The van der Waals surface area contributed by atoms with Crippen LogP contribution in [0, 0.1) is 0 Å². The molecular formula is C13H26N2O7. The Bertz CT molecular complexity index is 368. The average molecular weight is 322 g/mol. The third-order valence-corrected chi connectivity index (χ3v) is 3.69. The predicted octanol–water partition coefficient (Wildman–Crippen LogP) is -3.17. The Kier molecular flexibility index (Phi) is 7.29. The molecule has 0 aromatic carbocycles. The number of rotatable bonds is 7. The molecule has 8 atom stereocenters. The third kappa shape index (κ3) is 4.67. The van der Waals surface area contributed by atoms with Crippen LogP contribution in [0.3, 0.4) is 0 Å². The molecule has 1 unspecified atom stereocenters. The lowest BCUT2D eigenvalue weighted by Crippen LogP contribution is -2.63. The Hall–Kier alpha value is -0.650. The van der Waals surface area contributed by atoms with Crippen molar-refractivity contribution >= 4 is 5.78 Å². The van der Waals surface area contributed by atoms with Crippen molar-refractivity contribution in [2.75, 3.05) is 6.61 Å². The number of nitrogens with two attached hydrogens (primary N) is 2. The molecule has 0 saturated carbocycles. The third-order valence-electron chi connectivity index (χ3n) is 3.69. The van der Waals surface area contributed by atoms with Crippen LogP contribution in [0.2, 0.25) is 0 Å². The first kappa shape index (κ1) is 19.4. The van der Waals surface area contributed by atoms with Gasteiger partial charge in [0.25, 0.3) is 0 Å². The van der Waals surface area contributed by atoms with E-state index >= 15 is 0 Å². The summed E-state index contributed by atoms with van der Waals surface area (Å²) in [5.74, 6) is -0.392. The number of hydrogen-bond donors (Lipinski definition) is 6. The van der Waals surface area contributed by atoms with Crippen LogP contribution in [0.4, 0.5) is 0 Å². The smallest absolute Gasteiger partial charge is 0.173 e. The summed E-state index contributed by atoms with van der Waals surface area (Å²) in [7, 11) is 0. The van der Waals surface area contributed by atoms with Crippen LogP contribution < -0.4 is 11.5 Å². The van der Waals surface area contributed by atoms with Crippen molar-refractivity contribution in [3.63, 3.8) is 0 Å². The summed E-state index contributed by atoms with van der Waals surface area (Å²) in [6.07, 6.45) is -6.37. The van der Waals surface area contributed by atoms with E-state index in [0.717, 1.165) is 0 Å². The molecule has 0 radical (unpaired) electrons. The maximum atomic E-state index is 11.8. The van der Waals surface area contributed by atoms with Gasteiger partial charge in [0, 0.05) is 6.42 Å². The van der Waals surface area contributed by atoms with Crippen molar-refractivity contribution in [2.45, 2.75) is 69.2 Å². The standard InChI is InChI=1S/C13H26N2O7/c1-5(3-7(18)9(14)6(2)17)21-12-10(15)13(20)22-8(4-16)11(12)19/h5-6,8-13,16-17,19-20H,3-4,14-15H2,1-2H3/t5?,6-,8-,9+,10-,11-,12-,13+/m1/s1. The van der Waals surface area contributed by atoms with Gasteiger partial charge in [0.2, 0.25) is 0 Å². The molecular weight excluding hydrogens is 296 g/mol. The van der Waals surface area contributed by atoms with E-state index in [0.29, 0.717) is 0 Å². The lowest BCUT2D eigenvalue weighted by molar-refractivity contribution is -0.262. The zero-order valence-electron chi connectivity index (χ0n) is 12.7. The van der Waals surface area contributed by atoms with Crippen molar-refractivity contribution in [3.8, 4) is 0 Å². The fraction of sp³-hybridized carbons (Fsp3) is 0.923. The molecule has 0 aliphatic carbocycles. The normalized spacial score (nSPS) is 36.6. The summed E-state index contributed by atoms with van der Waals surface area (Å²) < 4.78 is 10.5. The van der Waals surface area contributed by atoms with E-state index in [-0.39, 0.29) is 6.42 Å². The second kappa shape index (κ2) is 8.27. The lowest BCUT2D eigenvalue weighted by Gasteiger charge is -2.41. The Labute approximate surface area is 128 Å². The first-order chi connectivity index (χ1) is 10.2. The van der Waals surface area contributed by atoms with E-state index in [9.17, 15) is 20.1 Å². The molecule has 0 amide bonds. The van der Waals surface area contributed by atoms with Crippen molar-refractivity contribution in [1.82, 2.24) is 0 Å². The zero-order chi connectivity index (χ0) is 17.0. The highest BCUT2D eigenvalue weighted by Gasteiger charge is 2.44. The molecule has 0 aromatic rings. The fourth-order valence-corrected chi connectivity index (χ4v) is 2.28. The monoisotopic (exact) mass is 322 g/mol. The van der Waals surface area contributed by atoms with Crippen molar-refractivity contribution in [3.05, 3.63) is 0 Å². The number of ketones is 1. The summed E-state index contributed by atoms with van der Waals surface area (Å²) >= 11 is 0. The number of hydrogen-bond acceptors (Lipinski definition) is 9. The van der Waals surface area contributed by atoms with E-state index in [1.54, 1.807) is 6.92 Å². The van der Waals surface area contributed by atoms with Crippen molar-refractivity contribution < 1.29 is 34.7 Å². The van der Waals surface area contributed by atoms with Gasteiger partial charge in [-0.15, -0.1) is 0 Å². The Morgan fingerprint density at radius 3 is 2.45 bits per heavy atom. The van der Waals surface area contributed by atoms with E-state index in [2.05, 4.69) is 0 Å². The molecule has 1 rings (SSSR count). The van der Waals surface area contributed by atoms with Crippen LogP contribution >= 0.6 is 0 Å². The van der Waals surface area contributed by atoms with Gasteiger partial charge in [-0.3, -0.25) is 4.79 Å². The van der Waals surface area contributed by atoms with Gasteiger partial charge in [0.1, 0.15) is 18.3 Å². The van der Waals surface area contributed by atoms with Gasteiger partial charge in [-0.2, -0.15) is 0 Å². The minimum atomic E-state index is -1.40. The molecule has 9 heteroatoms. The maximum Gasteiger partial charge on any atom is 0.173 e. The lowest BCUT2D eigenvalue weighted by atomic mass is 9.97. The van der Waals surface area contributed by atoms with Crippen LogP contribution in [0.25, 0.3) is 0 Å². The number of ether oxygens (including phenoxy) is 2. The SMILES string of the molecule is CC(CC(=O)[C@@H](N)[C@@H](C)O)O[C@@H]1[C@@H](N)[C@@H](O)O[C@H](CO)[C@H]1O. The highest BCUT2D eigenvalue weighted by molar-refractivity contribution is 5.84. The van der Waals surface area contributed by atoms with E-state index in [1.807, 2.05) is 0 Å². The topological polar surface area (TPSA) is 168 Å². The summed E-state index contributed by atoms with van der Waals surface area (Å²) in [4.78, 5) is 11.8. The predicted molar refractivity (Wildman–Crippen MR) is 75.6 cm³/mol. The van der Waals surface area contributed by atoms with Gasteiger partial charge in [0.05, 0.1) is 30.9 Å². The minimum absolute atomic E-state index is 0.0806. The fourth-order valence-electron chi connectivity index (χ4n) is 2.28. The average Bonchev–Trinajstić information content (AvgIpc) is 2.46. The van der Waals surface area contributed by atoms with Gasteiger partial charge >= 0.3 is 0 Å². The van der Waals surface area contributed by atoms with Crippen LogP contribution in [0.5, 0.6) is 0 Å². The highest BCUT2D eigenvalue weighted by Crippen LogP contribution is 2.23. The molecule has 0 spiro atoms. The Morgan fingerprint density at radius 2 is 1.95 bits per heavy atom. The highest BCUT2D eigenvalue weighted by atomic mass is 16.6. The molecule has 1 aliphatic rings. The molecule has 1 saturated heterocycles. The number of carbonyl (C=O) groups is 1. The number of Topliss-reactive ketones (excluding diaryl/α,β-unsaturated/α-hetero) is 1. The molecule has 130 valence electrons. The first-order valence-corrected chi connectivity index (χ1v) is 7.18. The van der Waals surface area contributed by atoms with E-state index < -0.39 is 61.3 Å². The summed E-state index contributed by atoms with van der Waals surface area (Å²) in [5, 5.41) is 38.1. The molecule has 9 nitrogen and oxygen atoms in total. The van der Waals surface area contributed by atoms with E-state index in [1.165, 1.54) is 6.92 Å². The molecule has 22 heavy (non-hydrogen) atoms. The number of aliphatic hydroxyl groups is 4. The molecule has 1 heterocycles. The summed E-state index contributed by atoms with van der Waals surface area (Å²) in [6, 6.07) is -2.05. The van der Waals surface area contributed by atoms with Crippen molar-refractivity contribution in [2.24, 2.45) is 11.5 Å². The minimum Gasteiger partial charge on any atom is -0.394 e. The quantitative estimate of drug-likeness (QED) is 0.283. The van der Waals surface area contributed by atoms with Crippen LogP contribution in [-0.2, 0) is 14.3 Å². The van der Waals surface area contributed by atoms with Gasteiger partial charge in [0.15, 0.2) is 12.1 Å². The Morgan fingerprint density at radius 1 is 1.36 bits per heavy atom. The number of carbonyl (C=O) groups excluding carboxylic acids is 1. The van der Waals surface area contributed by atoms with Crippen molar-refractivity contribution in [1.29, 1.82) is 0 Å². The zero-order valence-corrected chi connectivity index (χ0v) is 12.7. The number of aliphatic hydroxyl groups excluding tert-OH is 4. The van der Waals surface area contributed by atoms with Gasteiger partial charge in [-0.05, 0) is 13.8 Å². The van der Waals surface area contributed by atoms with Gasteiger partial charge in [-0.25, -0.2) is 0 Å². The summed E-state index contributed by atoms with van der Waals surface area (Å²) in [6.45, 7) is 2.49. The first-order valence-electron chi connectivity index (χ1n) is 7.18. The van der Waals surface area contributed by atoms with Gasteiger partial charge < -0.3 is 41.4 Å². The molecule has 0 aromatic heterocycles. The largest absolute Gasteiger partial charge is 0.394 e.